The molecule has 1 aromatic carbocycles. The Balaban J connectivity index is 2.21. The van der Waals surface area contributed by atoms with Gasteiger partial charge in [0.05, 0.1) is 28.4 Å². The van der Waals surface area contributed by atoms with Gasteiger partial charge in [-0.3, -0.25) is 9.59 Å². The fourth-order valence-electron chi connectivity index (χ4n) is 2.18. The van der Waals surface area contributed by atoms with Crippen LogP contribution in [0.5, 0.6) is 0 Å². The van der Waals surface area contributed by atoms with Crippen molar-refractivity contribution in [1.29, 1.82) is 0 Å². The number of thiazole rings is 1. The highest BCUT2D eigenvalue weighted by atomic mass is 32.2. The Hall–Kier alpha value is -2.79. The normalized spacial score (nSPS) is 12.5. The number of rotatable bonds is 4. The SMILES string of the molecule is COC(=O)Cn1c(=NC(=O)c2ccno2)sc2cc(S(C)(=O)=O)ccc21. The van der Waals surface area contributed by atoms with E-state index >= 15 is 0 Å². The third kappa shape index (κ3) is 3.58. The van der Waals surface area contributed by atoms with E-state index in [1.807, 2.05) is 0 Å². The zero-order valence-electron chi connectivity index (χ0n) is 13.7. The van der Waals surface area contributed by atoms with Crippen LogP contribution >= 0.6 is 11.3 Å². The quantitative estimate of drug-likeness (QED) is 0.604. The maximum absolute atomic E-state index is 12.2. The molecule has 0 fully saturated rings. The summed E-state index contributed by atoms with van der Waals surface area (Å²) < 4.78 is 35.0. The Morgan fingerprint density at radius 1 is 1.35 bits per heavy atom. The number of benzene rings is 1. The van der Waals surface area contributed by atoms with E-state index in [2.05, 4.69) is 14.9 Å². The minimum absolute atomic E-state index is 0.0519. The minimum atomic E-state index is -3.40. The molecule has 2 aromatic heterocycles. The number of hydrogen-bond donors (Lipinski definition) is 0. The summed E-state index contributed by atoms with van der Waals surface area (Å²) in [6.45, 7) is -0.183. The van der Waals surface area contributed by atoms with Crippen LogP contribution in [0.1, 0.15) is 10.6 Å². The van der Waals surface area contributed by atoms with Crippen LogP contribution in [-0.2, 0) is 25.9 Å². The Morgan fingerprint density at radius 3 is 2.73 bits per heavy atom. The predicted octanol–water partition coefficient (Wildman–Crippen LogP) is 1.01. The smallest absolute Gasteiger partial charge is 0.325 e. The van der Waals surface area contributed by atoms with E-state index in [0.717, 1.165) is 17.6 Å². The van der Waals surface area contributed by atoms with Gasteiger partial charge >= 0.3 is 11.9 Å². The molecule has 0 spiro atoms. The van der Waals surface area contributed by atoms with Crippen molar-refractivity contribution in [3.8, 4) is 0 Å². The third-order valence-corrected chi connectivity index (χ3v) is 5.59. The molecule has 0 saturated heterocycles. The number of carbonyl (C=O) groups is 2. The lowest BCUT2D eigenvalue weighted by Gasteiger charge is -2.04. The zero-order chi connectivity index (χ0) is 18.9. The molecule has 0 atom stereocenters. The number of amides is 1. The van der Waals surface area contributed by atoms with Crippen LogP contribution < -0.4 is 4.80 Å². The molecule has 1 amide bonds. The van der Waals surface area contributed by atoms with E-state index in [-0.39, 0.29) is 22.0 Å². The highest BCUT2D eigenvalue weighted by Gasteiger charge is 2.16. The monoisotopic (exact) mass is 395 g/mol. The maximum atomic E-state index is 12.2. The first-order valence-corrected chi connectivity index (χ1v) is 9.90. The summed E-state index contributed by atoms with van der Waals surface area (Å²) in [5.74, 6) is -1.26. The highest BCUT2D eigenvalue weighted by molar-refractivity contribution is 7.90. The van der Waals surface area contributed by atoms with Crippen LogP contribution in [0, 0.1) is 0 Å². The van der Waals surface area contributed by atoms with Gasteiger partial charge in [-0.15, -0.1) is 0 Å². The molecule has 0 bridgehead atoms. The first-order valence-electron chi connectivity index (χ1n) is 7.19. The lowest BCUT2D eigenvalue weighted by atomic mass is 10.3. The van der Waals surface area contributed by atoms with Gasteiger partial charge in [0, 0.05) is 12.3 Å². The Kier molecular flexibility index (Phi) is 4.74. The second-order valence-electron chi connectivity index (χ2n) is 5.24. The van der Waals surface area contributed by atoms with Gasteiger partial charge in [0.15, 0.2) is 14.6 Å². The van der Waals surface area contributed by atoms with E-state index in [4.69, 9.17) is 4.52 Å². The molecule has 11 heteroatoms. The molecule has 0 radical (unpaired) electrons. The Bertz CT molecular complexity index is 1160. The van der Waals surface area contributed by atoms with Gasteiger partial charge in [-0.1, -0.05) is 16.5 Å². The van der Waals surface area contributed by atoms with Crippen molar-refractivity contribution < 1.29 is 27.3 Å². The number of ether oxygens (including phenoxy) is 1. The molecular weight excluding hydrogens is 382 g/mol. The first-order chi connectivity index (χ1) is 12.3. The highest BCUT2D eigenvalue weighted by Crippen LogP contribution is 2.22. The fraction of sp³-hybridized carbons (Fsp3) is 0.200. The summed E-state index contributed by atoms with van der Waals surface area (Å²) in [4.78, 5) is 28.2. The molecule has 3 rings (SSSR count). The molecule has 0 aliphatic carbocycles. The average Bonchev–Trinajstić information content (AvgIpc) is 3.22. The molecule has 0 saturated carbocycles. The number of hydrogen-bond acceptors (Lipinski definition) is 8. The largest absolute Gasteiger partial charge is 0.468 e. The van der Waals surface area contributed by atoms with E-state index in [1.165, 1.54) is 36.1 Å². The van der Waals surface area contributed by atoms with Crippen molar-refractivity contribution in [2.24, 2.45) is 4.99 Å². The van der Waals surface area contributed by atoms with Gasteiger partial charge < -0.3 is 13.8 Å². The molecule has 2 heterocycles. The van der Waals surface area contributed by atoms with Gasteiger partial charge in [-0.25, -0.2) is 8.42 Å². The van der Waals surface area contributed by atoms with Crippen molar-refractivity contribution in [2.45, 2.75) is 11.4 Å². The predicted molar refractivity (Wildman–Crippen MR) is 91.3 cm³/mol. The van der Waals surface area contributed by atoms with Gasteiger partial charge in [0.25, 0.3) is 0 Å². The Labute approximate surface area is 151 Å². The molecule has 0 aliphatic heterocycles. The molecule has 136 valence electrons. The topological polar surface area (TPSA) is 121 Å². The van der Waals surface area contributed by atoms with Crippen molar-refractivity contribution in [1.82, 2.24) is 9.72 Å². The zero-order valence-corrected chi connectivity index (χ0v) is 15.3. The van der Waals surface area contributed by atoms with Gasteiger partial charge in [0.1, 0.15) is 6.54 Å². The van der Waals surface area contributed by atoms with Crippen molar-refractivity contribution in [3.05, 3.63) is 41.0 Å². The molecule has 9 nitrogen and oxygen atoms in total. The van der Waals surface area contributed by atoms with Crippen LogP contribution in [0.15, 0.2) is 44.9 Å². The number of aromatic nitrogens is 2. The van der Waals surface area contributed by atoms with E-state index in [0.29, 0.717) is 10.2 Å². The summed E-state index contributed by atoms with van der Waals surface area (Å²) >= 11 is 1.07. The number of sulfone groups is 1. The van der Waals surface area contributed by atoms with Crippen LogP contribution in [0.3, 0.4) is 0 Å². The van der Waals surface area contributed by atoms with Crippen LogP contribution in [0.25, 0.3) is 10.2 Å². The number of esters is 1. The van der Waals surface area contributed by atoms with Crippen molar-refractivity contribution in [2.75, 3.05) is 13.4 Å². The molecular formula is C15H13N3O6S2. The standard InChI is InChI=1S/C15H13N3O6S2/c1-23-13(19)8-18-10-4-3-9(26(2,21)22)7-12(10)25-15(18)17-14(20)11-5-6-16-24-11/h3-7H,8H2,1-2H3. The molecule has 0 N–H and O–H groups in total. The fourth-order valence-corrected chi connectivity index (χ4v) is 3.97. The van der Waals surface area contributed by atoms with Crippen molar-refractivity contribution in [3.63, 3.8) is 0 Å². The van der Waals surface area contributed by atoms with E-state index in [9.17, 15) is 18.0 Å². The summed E-state index contributed by atoms with van der Waals surface area (Å²) in [6, 6.07) is 5.83. The lowest BCUT2D eigenvalue weighted by molar-refractivity contribution is -0.141. The number of carbonyl (C=O) groups excluding carboxylic acids is 2. The number of nitrogens with zero attached hydrogens (tertiary/aromatic N) is 3. The Morgan fingerprint density at radius 2 is 2.12 bits per heavy atom. The minimum Gasteiger partial charge on any atom is -0.468 e. The first kappa shape index (κ1) is 18.0. The number of methoxy groups -OCH3 is 1. The van der Waals surface area contributed by atoms with E-state index in [1.54, 1.807) is 6.07 Å². The lowest BCUT2D eigenvalue weighted by Crippen LogP contribution is -2.22. The summed E-state index contributed by atoms with van der Waals surface area (Å²) in [6.07, 6.45) is 2.41. The number of fused-ring (bicyclic) bond motifs is 1. The molecule has 0 unspecified atom stereocenters. The van der Waals surface area contributed by atoms with Gasteiger partial charge in [0.2, 0.25) is 5.76 Å². The van der Waals surface area contributed by atoms with Crippen LogP contribution in [-0.4, -0.2) is 43.4 Å². The second kappa shape index (κ2) is 6.84. The van der Waals surface area contributed by atoms with Crippen LogP contribution in [0.4, 0.5) is 0 Å². The summed E-state index contributed by atoms with van der Waals surface area (Å²) in [5, 5.41) is 3.45. The van der Waals surface area contributed by atoms with Gasteiger partial charge in [-0.2, -0.15) is 4.99 Å². The van der Waals surface area contributed by atoms with Crippen LogP contribution in [0.2, 0.25) is 0 Å². The van der Waals surface area contributed by atoms with E-state index < -0.39 is 21.7 Å². The average molecular weight is 395 g/mol. The second-order valence-corrected chi connectivity index (χ2v) is 8.27. The maximum Gasteiger partial charge on any atom is 0.325 e. The summed E-state index contributed by atoms with van der Waals surface area (Å²) in [7, 11) is -2.15. The molecule has 3 aromatic rings. The summed E-state index contributed by atoms with van der Waals surface area (Å²) in [5.41, 5.74) is 0.553. The van der Waals surface area contributed by atoms with Crippen molar-refractivity contribution >= 4 is 43.3 Å². The third-order valence-electron chi connectivity index (χ3n) is 3.44. The van der Waals surface area contributed by atoms with Gasteiger partial charge in [-0.05, 0) is 18.2 Å². The molecule has 0 aliphatic rings. The molecule has 26 heavy (non-hydrogen) atoms.